The third kappa shape index (κ3) is 7.86. The lowest BCUT2D eigenvalue weighted by atomic mass is 9.95. The van der Waals surface area contributed by atoms with E-state index in [9.17, 15) is 18.0 Å². The van der Waals surface area contributed by atoms with Crippen LogP contribution in [0.3, 0.4) is 0 Å². The van der Waals surface area contributed by atoms with Crippen molar-refractivity contribution in [3.05, 3.63) is 58.7 Å². The molecule has 1 N–H and O–H groups in total. The van der Waals surface area contributed by atoms with E-state index >= 15 is 0 Å². The molecule has 3 fully saturated rings. The van der Waals surface area contributed by atoms with Crippen LogP contribution in [0, 0.1) is 6.92 Å². The number of nitrogens with one attached hydrogen (secondary N) is 1. The molecule has 3 saturated heterocycles. The number of rotatable bonds is 8. The van der Waals surface area contributed by atoms with E-state index in [1.54, 1.807) is 12.0 Å². The monoisotopic (exact) mass is 590 g/mol. The number of hydrogen-bond acceptors (Lipinski definition) is 7. The normalized spacial score (nSPS) is 25.9. The van der Waals surface area contributed by atoms with Crippen LogP contribution in [0.5, 0.6) is 0 Å². The second kappa shape index (κ2) is 13.8. The van der Waals surface area contributed by atoms with Crippen LogP contribution in [0.1, 0.15) is 84.2 Å². The van der Waals surface area contributed by atoms with Gasteiger partial charge in [-0.2, -0.15) is 13.2 Å². The van der Waals surface area contributed by atoms with Crippen LogP contribution in [0.4, 0.5) is 13.2 Å². The molecule has 4 heterocycles. The maximum Gasteiger partial charge on any atom is 0.451 e. The molecule has 230 valence electrons. The van der Waals surface area contributed by atoms with Crippen molar-refractivity contribution < 1.29 is 32.2 Å². The molecule has 1 amide bonds. The minimum absolute atomic E-state index is 0.0221. The van der Waals surface area contributed by atoms with Crippen LogP contribution < -0.4 is 5.32 Å². The highest BCUT2D eigenvalue weighted by atomic mass is 19.4. The van der Waals surface area contributed by atoms with Crippen molar-refractivity contribution in [2.24, 2.45) is 0 Å². The molecule has 3 aliphatic heterocycles. The molecule has 4 atom stereocenters. The van der Waals surface area contributed by atoms with Gasteiger partial charge in [-0.3, -0.25) is 4.79 Å². The Morgan fingerprint density at radius 2 is 1.86 bits per heavy atom. The van der Waals surface area contributed by atoms with Gasteiger partial charge in [0.05, 0.1) is 24.9 Å². The van der Waals surface area contributed by atoms with Gasteiger partial charge in [-0.25, -0.2) is 9.97 Å². The lowest BCUT2D eigenvalue weighted by Crippen LogP contribution is -2.54. The van der Waals surface area contributed by atoms with Gasteiger partial charge in [0.2, 0.25) is 5.82 Å². The van der Waals surface area contributed by atoms with Crippen molar-refractivity contribution in [2.45, 2.75) is 94.9 Å². The average Bonchev–Trinajstić information content (AvgIpc) is 3.00. The molecule has 2 aromatic rings. The number of benzene rings is 1. The Balaban J connectivity index is 1.20. The van der Waals surface area contributed by atoms with Gasteiger partial charge < -0.3 is 24.4 Å². The van der Waals surface area contributed by atoms with Crippen molar-refractivity contribution in [2.75, 3.05) is 33.4 Å². The number of likely N-dealkylation sites (tertiary alicyclic amines) is 1. The molecule has 0 aliphatic carbocycles. The van der Waals surface area contributed by atoms with Gasteiger partial charge in [-0.1, -0.05) is 29.8 Å². The summed E-state index contributed by atoms with van der Waals surface area (Å²) in [7, 11) is 1.67. The Bertz CT molecular complexity index is 1190. The predicted molar refractivity (Wildman–Crippen MR) is 150 cm³/mol. The van der Waals surface area contributed by atoms with Crippen LogP contribution >= 0.6 is 0 Å². The molecule has 5 rings (SSSR count). The highest BCUT2D eigenvalue weighted by molar-refractivity contribution is 5.92. The van der Waals surface area contributed by atoms with Gasteiger partial charge in [0.25, 0.3) is 5.91 Å². The fraction of sp³-hybridized carbons (Fsp3) is 0.645. The van der Waals surface area contributed by atoms with E-state index in [1.807, 2.05) is 6.92 Å². The van der Waals surface area contributed by atoms with E-state index in [2.05, 4.69) is 39.6 Å². The molecular formula is C31H41F3N4O4. The van der Waals surface area contributed by atoms with E-state index in [0.29, 0.717) is 45.6 Å². The van der Waals surface area contributed by atoms with Gasteiger partial charge in [-0.05, 0) is 69.9 Å². The zero-order chi connectivity index (χ0) is 29.7. The zero-order valence-corrected chi connectivity index (χ0v) is 24.4. The lowest BCUT2D eigenvalue weighted by Gasteiger charge is -2.38. The molecule has 8 nitrogen and oxygen atoms in total. The van der Waals surface area contributed by atoms with Crippen molar-refractivity contribution >= 4 is 5.91 Å². The van der Waals surface area contributed by atoms with Crippen LogP contribution in [0.2, 0.25) is 0 Å². The molecule has 0 radical (unpaired) electrons. The van der Waals surface area contributed by atoms with Gasteiger partial charge in [0.15, 0.2) is 0 Å². The predicted octanol–water partition coefficient (Wildman–Crippen LogP) is 5.04. The summed E-state index contributed by atoms with van der Waals surface area (Å²) in [6.07, 6.45) is 0.894. The summed E-state index contributed by atoms with van der Waals surface area (Å²) in [6.45, 7) is 4.13. The van der Waals surface area contributed by atoms with Crippen molar-refractivity contribution in [1.82, 2.24) is 20.2 Å². The van der Waals surface area contributed by atoms with E-state index in [0.717, 1.165) is 31.2 Å². The Labute approximate surface area is 245 Å². The summed E-state index contributed by atoms with van der Waals surface area (Å²) in [6, 6.07) is 10.1. The summed E-state index contributed by atoms with van der Waals surface area (Å²) in [5, 5.41) is 3.63. The molecule has 0 spiro atoms. The summed E-state index contributed by atoms with van der Waals surface area (Å²) in [4.78, 5) is 22.4. The largest absolute Gasteiger partial charge is 0.451 e. The number of halogens is 3. The zero-order valence-electron chi connectivity index (χ0n) is 24.4. The van der Waals surface area contributed by atoms with E-state index in [-0.39, 0.29) is 48.2 Å². The lowest BCUT2D eigenvalue weighted by molar-refractivity contribution is -0.145. The number of amides is 1. The number of carbonyl (C=O) groups excluding carboxylic acids is 1. The third-order valence-electron chi connectivity index (χ3n) is 8.61. The molecule has 1 aromatic heterocycles. The van der Waals surface area contributed by atoms with Crippen LogP contribution in [-0.2, 0) is 26.8 Å². The molecule has 42 heavy (non-hydrogen) atoms. The van der Waals surface area contributed by atoms with Crippen LogP contribution in [0.25, 0.3) is 0 Å². The highest BCUT2D eigenvalue weighted by Crippen LogP contribution is 2.33. The fourth-order valence-corrected chi connectivity index (χ4v) is 6.16. The Hall–Kier alpha value is -2.60. The second-order valence-electron chi connectivity index (χ2n) is 11.7. The topological polar surface area (TPSA) is 85.8 Å². The third-order valence-corrected chi connectivity index (χ3v) is 8.61. The first-order valence-electron chi connectivity index (χ1n) is 15.0. The van der Waals surface area contributed by atoms with Crippen LogP contribution in [0.15, 0.2) is 30.3 Å². The molecule has 1 aromatic carbocycles. The number of aryl methyl sites for hydroxylation is 2. The molecule has 11 heteroatoms. The maximum absolute atomic E-state index is 13.7. The maximum atomic E-state index is 13.7. The number of carbonyl (C=O) groups is 1. The summed E-state index contributed by atoms with van der Waals surface area (Å²) in [5.41, 5.74) is 2.30. The number of alkyl halides is 3. The molecule has 0 saturated carbocycles. The minimum atomic E-state index is -4.75. The number of nitrogens with zero attached hydrogens (tertiary/aromatic N) is 3. The SMILES string of the molecule is CO[C@H]1COCC[C@H]1NC1CCN(C(=O)c2cc(CC[C@H]3CCC[C@@H](c4ccc(C)cc4)O3)nc(C(F)(F)F)n2)CC1. The first kappa shape index (κ1) is 30.8. The average molecular weight is 591 g/mol. The van der Waals surface area contributed by atoms with Crippen molar-refractivity contribution in [1.29, 1.82) is 0 Å². The Morgan fingerprint density at radius 1 is 1.10 bits per heavy atom. The number of piperidine rings is 1. The Kier molecular flexibility index (Phi) is 10.1. The first-order chi connectivity index (χ1) is 20.2. The highest BCUT2D eigenvalue weighted by Gasteiger charge is 2.37. The van der Waals surface area contributed by atoms with Crippen molar-refractivity contribution in [3.8, 4) is 0 Å². The summed E-state index contributed by atoms with van der Waals surface area (Å²) in [5.74, 6) is -1.76. The van der Waals surface area contributed by atoms with Crippen molar-refractivity contribution in [3.63, 3.8) is 0 Å². The van der Waals surface area contributed by atoms with E-state index in [4.69, 9.17) is 14.2 Å². The van der Waals surface area contributed by atoms with Gasteiger partial charge >= 0.3 is 6.18 Å². The quantitative estimate of drug-likeness (QED) is 0.461. The summed E-state index contributed by atoms with van der Waals surface area (Å²) < 4.78 is 58.6. The van der Waals surface area contributed by atoms with E-state index in [1.165, 1.54) is 11.6 Å². The first-order valence-corrected chi connectivity index (χ1v) is 15.0. The van der Waals surface area contributed by atoms with E-state index < -0.39 is 17.9 Å². The number of ether oxygens (including phenoxy) is 3. The summed E-state index contributed by atoms with van der Waals surface area (Å²) >= 11 is 0. The van der Waals surface area contributed by atoms with Gasteiger partial charge in [0.1, 0.15) is 5.69 Å². The molecule has 0 unspecified atom stereocenters. The molecule has 0 bridgehead atoms. The molecule has 3 aliphatic rings. The number of methoxy groups -OCH3 is 1. The molecular weight excluding hydrogens is 549 g/mol. The smallest absolute Gasteiger partial charge is 0.379 e. The number of aromatic nitrogens is 2. The van der Waals surface area contributed by atoms with Gasteiger partial charge in [0, 0.05) is 44.6 Å². The fourth-order valence-electron chi connectivity index (χ4n) is 6.16. The Morgan fingerprint density at radius 3 is 2.57 bits per heavy atom. The van der Waals surface area contributed by atoms with Gasteiger partial charge in [-0.15, -0.1) is 0 Å². The minimum Gasteiger partial charge on any atom is -0.379 e. The standard InChI is InChI=1S/C31H41F3N4O4/c1-20-6-8-21(9-7-20)27-5-3-4-24(42-27)11-10-23-18-26(37-30(36-23)31(32,33)34)29(39)38-15-12-22(13-16-38)35-25-14-17-41-19-28(25)40-2/h6-9,18,22,24-25,27-28,35H,3-5,10-17,19H2,1-2H3/t24-,25-,27+,28+/m1/s1. The van der Waals surface area contributed by atoms with Crippen LogP contribution in [-0.4, -0.2) is 78.5 Å². The number of hydrogen-bond donors (Lipinski definition) is 1. The second-order valence-corrected chi connectivity index (χ2v) is 11.7.